The van der Waals surface area contributed by atoms with Crippen molar-refractivity contribution in [2.75, 3.05) is 19.0 Å². The van der Waals surface area contributed by atoms with Crippen LogP contribution >= 0.6 is 0 Å². The van der Waals surface area contributed by atoms with Gasteiger partial charge in [-0.1, -0.05) is 13.3 Å². The van der Waals surface area contributed by atoms with Gasteiger partial charge >= 0.3 is 0 Å². The Morgan fingerprint density at radius 3 is 2.69 bits per heavy atom. The van der Waals surface area contributed by atoms with Crippen molar-refractivity contribution in [1.29, 1.82) is 0 Å². The molecule has 1 N–H and O–H groups in total. The Bertz CT molecular complexity index is 901. The van der Waals surface area contributed by atoms with Crippen LogP contribution in [0, 0.1) is 6.92 Å². The number of rotatable bonds is 7. The van der Waals surface area contributed by atoms with Crippen LogP contribution in [0.3, 0.4) is 0 Å². The topological polar surface area (TPSA) is 64.9 Å². The molecule has 1 amide bonds. The fraction of sp³-hybridized carbons (Fsp3) is 0.300. The Morgan fingerprint density at radius 1 is 1.23 bits per heavy atom. The Hall–Kier alpha value is -3.02. The second-order valence-corrected chi connectivity index (χ2v) is 6.00. The molecule has 0 spiro atoms. The number of nitrogens with zero attached hydrogens (tertiary/aromatic N) is 2. The molecular weight excluding hydrogens is 330 g/mol. The number of anilines is 1. The number of amides is 1. The first-order valence-corrected chi connectivity index (χ1v) is 8.70. The maximum atomic E-state index is 12.8. The van der Waals surface area contributed by atoms with Gasteiger partial charge in [0, 0.05) is 11.9 Å². The average Bonchev–Trinajstić information content (AvgIpc) is 2.99. The van der Waals surface area contributed by atoms with E-state index in [9.17, 15) is 4.79 Å². The Morgan fingerprint density at radius 2 is 2.00 bits per heavy atom. The van der Waals surface area contributed by atoms with Crippen LogP contribution in [0.2, 0.25) is 0 Å². The molecule has 3 rings (SSSR count). The van der Waals surface area contributed by atoms with E-state index < -0.39 is 0 Å². The minimum absolute atomic E-state index is 0.220. The van der Waals surface area contributed by atoms with E-state index in [1.807, 2.05) is 43.3 Å². The Labute approximate surface area is 152 Å². The summed E-state index contributed by atoms with van der Waals surface area (Å²) in [6.07, 6.45) is 3.92. The zero-order valence-corrected chi connectivity index (χ0v) is 15.3. The van der Waals surface area contributed by atoms with Crippen LogP contribution in [0.4, 0.5) is 5.69 Å². The molecule has 0 aliphatic rings. The molecule has 136 valence electrons. The SMILES string of the molecule is CCCCOc1ccc(NC(=O)c2c(C)nc3c(OC)cccn23)cc1. The largest absolute Gasteiger partial charge is 0.494 e. The Balaban J connectivity index is 1.78. The van der Waals surface area contributed by atoms with Gasteiger partial charge in [0.2, 0.25) is 0 Å². The molecule has 3 aromatic rings. The lowest BCUT2D eigenvalue weighted by Gasteiger charge is -2.09. The third-order valence-electron chi connectivity index (χ3n) is 4.10. The number of pyridine rings is 1. The number of methoxy groups -OCH3 is 1. The number of hydrogen-bond donors (Lipinski definition) is 1. The van der Waals surface area contributed by atoms with Crippen molar-refractivity contribution in [2.24, 2.45) is 0 Å². The van der Waals surface area contributed by atoms with Crippen molar-refractivity contribution < 1.29 is 14.3 Å². The molecule has 0 atom stereocenters. The molecule has 0 aliphatic carbocycles. The van der Waals surface area contributed by atoms with Crippen LogP contribution < -0.4 is 14.8 Å². The van der Waals surface area contributed by atoms with Gasteiger partial charge in [0.1, 0.15) is 11.4 Å². The first-order chi connectivity index (χ1) is 12.6. The number of carbonyl (C=O) groups excluding carboxylic acids is 1. The number of unbranched alkanes of at least 4 members (excludes halogenated alkanes) is 1. The van der Waals surface area contributed by atoms with E-state index in [0.717, 1.165) is 18.6 Å². The number of imidazole rings is 1. The highest BCUT2D eigenvalue weighted by atomic mass is 16.5. The first-order valence-electron chi connectivity index (χ1n) is 8.70. The molecule has 6 heteroatoms. The van der Waals surface area contributed by atoms with Gasteiger partial charge in [-0.3, -0.25) is 9.20 Å². The van der Waals surface area contributed by atoms with Gasteiger partial charge in [-0.25, -0.2) is 4.98 Å². The summed E-state index contributed by atoms with van der Waals surface area (Å²) in [6.45, 7) is 4.64. The van der Waals surface area contributed by atoms with Crippen molar-refractivity contribution in [2.45, 2.75) is 26.7 Å². The number of aryl methyl sites for hydroxylation is 1. The summed E-state index contributed by atoms with van der Waals surface area (Å²) in [5.74, 6) is 1.21. The highest BCUT2D eigenvalue weighted by Crippen LogP contribution is 2.23. The van der Waals surface area contributed by atoms with Gasteiger partial charge in [0.15, 0.2) is 11.4 Å². The molecule has 26 heavy (non-hydrogen) atoms. The number of nitrogens with one attached hydrogen (secondary N) is 1. The summed E-state index contributed by atoms with van der Waals surface area (Å²) in [5.41, 5.74) is 2.46. The minimum atomic E-state index is -0.220. The molecule has 0 radical (unpaired) electrons. The molecule has 0 aliphatic heterocycles. The van der Waals surface area contributed by atoms with Gasteiger partial charge in [-0.15, -0.1) is 0 Å². The van der Waals surface area contributed by atoms with E-state index in [-0.39, 0.29) is 5.91 Å². The molecule has 0 saturated carbocycles. The zero-order chi connectivity index (χ0) is 18.5. The van der Waals surface area contributed by atoms with Crippen LogP contribution in [0.5, 0.6) is 11.5 Å². The molecule has 2 heterocycles. The highest BCUT2D eigenvalue weighted by molar-refractivity contribution is 6.04. The van der Waals surface area contributed by atoms with Crippen LogP contribution in [-0.4, -0.2) is 29.0 Å². The van der Waals surface area contributed by atoms with Crippen LogP contribution in [0.1, 0.15) is 35.9 Å². The molecule has 0 saturated heterocycles. The number of ether oxygens (including phenoxy) is 2. The molecule has 0 fully saturated rings. The van der Waals surface area contributed by atoms with Gasteiger partial charge < -0.3 is 14.8 Å². The van der Waals surface area contributed by atoms with Crippen molar-refractivity contribution in [1.82, 2.24) is 9.38 Å². The third kappa shape index (κ3) is 3.64. The van der Waals surface area contributed by atoms with E-state index in [1.54, 1.807) is 17.7 Å². The molecule has 1 aromatic carbocycles. The molecule has 2 aromatic heterocycles. The summed E-state index contributed by atoms with van der Waals surface area (Å²) in [6, 6.07) is 11.0. The molecular formula is C20H23N3O3. The third-order valence-corrected chi connectivity index (χ3v) is 4.10. The quantitative estimate of drug-likeness (QED) is 0.650. The minimum Gasteiger partial charge on any atom is -0.494 e. The van der Waals surface area contributed by atoms with Crippen molar-refractivity contribution >= 4 is 17.2 Å². The Kier molecular flexibility index (Phi) is 5.41. The summed E-state index contributed by atoms with van der Waals surface area (Å²) in [7, 11) is 1.59. The second kappa shape index (κ2) is 7.91. The number of hydrogen-bond acceptors (Lipinski definition) is 4. The van der Waals surface area contributed by atoms with Crippen molar-refractivity contribution in [3.05, 3.63) is 54.0 Å². The number of benzene rings is 1. The van der Waals surface area contributed by atoms with Gasteiger partial charge in [-0.05, 0) is 49.7 Å². The fourth-order valence-corrected chi connectivity index (χ4v) is 2.75. The van der Waals surface area contributed by atoms with E-state index >= 15 is 0 Å². The monoisotopic (exact) mass is 353 g/mol. The highest BCUT2D eigenvalue weighted by Gasteiger charge is 2.18. The van der Waals surface area contributed by atoms with Crippen LogP contribution in [0.15, 0.2) is 42.6 Å². The predicted molar refractivity (Wildman–Crippen MR) is 101 cm³/mol. The summed E-state index contributed by atoms with van der Waals surface area (Å²) in [5, 5.41) is 2.91. The number of carbonyl (C=O) groups is 1. The lowest BCUT2D eigenvalue weighted by Crippen LogP contribution is -2.15. The first kappa shape index (κ1) is 17.8. The van der Waals surface area contributed by atoms with E-state index in [4.69, 9.17) is 9.47 Å². The predicted octanol–water partition coefficient (Wildman–Crippen LogP) is 4.08. The van der Waals surface area contributed by atoms with Gasteiger partial charge in [0.05, 0.1) is 19.4 Å². The normalized spacial score (nSPS) is 10.7. The summed E-state index contributed by atoms with van der Waals surface area (Å²) in [4.78, 5) is 17.2. The van der Waals surface area contributed by atoms with Crippen LogP contribution in [0.25, 0.3) is 5.65 Å². The summed E-state index contributed by atoms with van der Waals surface area (Å²) >= 11 is 0. The lowest BCUT2D eigenvalue weighted by molar-refractivity contribution is 0.102. The van der Waals surface area contributed by atoms with E-state index in [1.165, 1.54) is 0 Å². The van der Waals surface area contributed by atoms with Gasteiger partial charge in [-0.2, -0.15) is 0 Å². The van der Waals surface area contributed by atoms with E-state index in [0.29, 0.717) is 35.1 Å². The van der Waals surface area contributed by atoms with E-state index in [2.05, 4.69) is 17.2 Å². The standard InChI is InChI=1S/C20H23N3O3/c1-4-5-13-26-16-10-8-15(9-11-16)22-20(24)18-14(2)21-19-17(25-3)7-6-12-23(18)19/h6-12H,4-5,13H2,1-3H3,(H,22,24). The average molecular weight is 353 g/mol. The maximum Gasteiger partial charge on any atom is 0.274 e. The zero-order valence-electron chi connectivity index (χ0n) is 15.3. The molecule has 6 nitrogen and oxygen atoms in total. The second-order valence-electron chi connectivity index (χ2n) is 6.00. The summed E-state index contributed by atoms with van der Waals surface area (Å²) < 4.78 is 12.7. The van der Waals surface area contributed by atoms with Crippen molar-refractivity contribution in [3.8, 4) is 11.5 Å². The molecule has 0 bridgehead atoms. The number of aromatic nitrogens is 2. The van der Waals surface area contributed by atoms with Crippen LogP contribution in [-0.2, 0) is 0 Å². The fourth-order valence-electron chi connectivity index (χ4n) is 2.75. The molecule has 0 unspecified atom stereocenters. The smallest absolute Gasteiger partial charge is 0.274 e. The number of fused-ring (bicyclic) bond motifs is 1. The van der Waals surface area contributed by atoms with Gasteiger partial charge in [0.25, 0.3) is 5.91 Å². The maximum absolute atomic E-state index is 12.8. The lowest BCUT2D eigenvalue weighted by atomic mass is 10.2. The van der Waals surface area contributed by atoms with Crippen molar-refractivity contribution in [3.63, 3.8) is 0 Å².